The maximum Gasteiger partial charge on any atom is 0.573 e. The van der Waals surface area contributed by atoms with E-state index in [0.29, 0.717) is 31.7 Å². The first-order valence-corrected chi connectivity index (χ1v) is 13.0. The number of rotatable bonds is 7. The number of alkyl halides is 3. The summed E-state index contributed by atoms with van der Waals surface area (Å²) in [7, 11) is 0. The van der Waals surface area contributed by atoms with Crippen LogP contribution in [0.5, 0.6) is 5.75 Å². The van der Waals surface area contributed by atoms with Gasteiger partial charge in [-0.3, -0.25) is 13.8 Å². The van der Waals surface area contributed by atoms with Crippen LogP contribution in [0.2, 0.25) is 5.02 Å². The number of nitrogens with zero attached hydrogens (tertiary/aromatic N) is 3. The molecule has 14 heteroatoms. The van der Waals surface area contributed by atoms with Gasteiger partial charge in [0.1, 0.15) is 17.2 Å². The zero-order valence-corrected chi connectivity index (χ0v) is 22.4. The minimum absolute atomic E-state index is 0.105. The Kier molecular flexibility index (Phi) is 9.50. The largest absolute Gasteiger partial charge is 0.573 e. The van der Waals surface area contributed by atoms with E-state index in [1.54, 1.807) is 25.7 Å². The molecule has 2 atom stereocenters. The van der Waals surface area contributed by atoms with E-state index in [9.17, 15) is 31.1 Å². The van der Waals surface area contributed by atoms with Gasteiger partial charge in [0.25, 0.3) is 11.3 Å². The maximum absolute atomic E-state index is 14.4. The number of carbonyl (C=O) groups excluding carboxylic acids is 1. The van der Waals surface area contributed by atoms with Crippen LogP contribution in [0.15, 0.2) is 42.5 Å². The number of benzene rings is 2. The molecule has 3 rings (SSSR count). The second-order valence-corrected chi connectivity index (χ2v) is 10.8. The standard InChI is InChI=1S/C24H28ClF4N3O5S/c1-23(2,3)37-22(33)31-12-10-30(11-13-31)15-21(16-4-9-19(25)20(26)14-16)32(38(34)35)17-5-7-18(8-6-17)36-24(27,28)29/h4-9,14,21H,10-13,15H2,1-3H3,(H,34,35). The van der Waals surface area contributed by atoms with E-state index in [1.165, 1.54) is 24.3 Å². The first-order valence-electron chi connectivity index (χ1n) is 11.5. The van der Waals surface area contributed by atoms with E-state index >= 15 is 0 Å². The summed E-state index contributed by atoms with van der Waals surface area (Å²) in [6, 6.07) is 7.50. The molecule has 2 aromatic rings. The van der Waals surface area contributed by atoms with Crippen molar-refractivity contribution in [2.24, 2.45) is 0 Å². The van der Waals surface area contributed by atoms with Crippen LogP contribution in [0.25, 0.3) is 0 Å². The van der Waals surface area contributed by atoms with Gasteiger partial charge in [-0.15, -0.1) is 13.2 Å². The zero-order valence-electron chi connectivity index (χ0n) is 20.9. The third kappa shape index (κ3) is 8.45. The summed E-state index contributed by atoms with van der Waals surface area (Å²) >= 11 is 3.19. The van der Waals surface area contributed by atoms with Crippen molar-refractivity contribution in [1.29, 1.82) is 0 Å². The van der Waals surface area contributed by atoms with Crippen LogP contribution in [0, 0.1) is 5.82 Å². The first-order chi connectivity index (χ1) is 17.6. The van der Waals surface area contributed by atoms with Gasteiger partial charge in [-0.05, 0) is 62.7 Å². The van der Waals surface area contributed by atoms with Crippen molar-refractivity contribution >= 4 is 34.6 Å². The average molecular weight is 582 g/mol. The normalized spacial score (nSPS) is 16.6. The molecule has 0 spiro atoms. The Morgan fingerprint density at radius 3 is 2.21 bits per heavy atom. The number of amides is 1. The Morgan fingerprint density at radius 1 is 1.11 bits per heavy atom. The number of anilines is 1. The number of carbonyl (C=O) groups is 1. The van der Waals surface area contributed by atoms with E-state index in [0.717, 1.165) is 22.5 Å². The van der Waals surface area contributed by atoms with Crippen molar-refractivity contribution in [3.8, 4) is 5.75 Å². The molecule has 38 heavy (non-hydrogen) atoms. The fraction of sp³-hybridized carbons (Fsp3) is 0.458. The van der Waals surface area contributed by atoms with Gasteiger partial charge >= 0.3 is 12.5 Å². The van der Waals surface area contributed by atoms with Gasteiger partial charge in [0.05, 0.1) is 16.8 Å². The molecule has 0 radical (unpaired) electrons. The number of halogens is 5. The summed E-state index contributed by atoms with van der Waals surface area (Å²) < 4.78 is 85.1. The summed E-state index contributed by atoms with van der Waals surface area (Å²) in [6.45, 7) is 6.90. The molecule has 1 heterocycles. The van der Waals surface area contributed by atoms with Crippen LogP contribution >= 0.6 is 11.6 Å². The molecule has 8 nitrogen and oxygen atoms in total. The molecule has 1 fully saturated rings. The molecule has 0 aromatic heterocycles. The van der Waals surface area contributed by atoms with Crippen LogP contribution in [0.1, 0.15) is 32.4 Å². The predicted octanol–water partition coefficient (Wildman–Crippen LogP) is 5.61. The monoisotopic (exact) mass is 581 g/mol. The van der Waals surface area contributed by atoms with Crippen molar-refractivity contribution in [1.82, 2.24) is 9.80 Å². The topological polar surface area (TPSA) is 82.5 Å². The molecule has 210 valence electrons. The van der Waals surface area contributed by atoms with Crippen LogP contribution < -0.4 is 9.04 Å². The number of hydrogen-bond donors (Lipinski definition) is 1. The summed E-state index contributed by atoms with van der Waals surface area (Å²) in [5.74, 6) is -1.24. The lowest BCUT2D eigenvalue weighted by molar-refractivity contribution is -0.274. The fourth-order valence-corrected chi connectivity index (χ4v) is 4.72. The van der Waals surface area contributed by atoms with Crippen molar-refractivity contribution < 1.29 is 40.6 Å². The lowest BCUT2D eigenvalue weighted by Crippen LogP contribution is -2.52. The Labute approximate surface area is 225 Å². The highest BCUT2D eigenvalue weighted by Crippen LogP contribution is 2.33. The summed E-state index contributed by atoms with van der Waals surface area (Å²) in [5.41, 5.74) is -0.225. The van der Waals surface area contributed by atoms with Crippen LogP contribution in [0.4, 0.5) is 28.0 Å². The minimum atomic E-state index is -4.90. The van der Waals surface area contributed by atoms with Crippen molar-refractivity contribution in [2.45, 2.75) is 38.8 Å². The smallest absolute Gasteiger partial charge is 0.444 e. The highest BCUT2D eigenvalue weighted by Gasteiger charge is 2.33. The van der Waals surface area contributed by atoms with Crippen LogP contribution in [-0.2, 0) is 16.0 Å². The Hall–Kier alpha value is -2.61. The van der Waals surface area contributed by atoms with E-state index in [-0.39, 0.29) is 17.3 Å². The SMILES string of the molecule is CC(C)(C)OC(=O)N1CCN(CC(c2ccc(Cl)c(F)c2)N(c2ccc(OC(F)(F)F)cc2)S(=O)O)CC1. The van der Waals surface area contributed by atoms with Crippen molar-refractivity contribution in [3.63, 3.8) is 0 Å². The van der Waals surface area contributed by atoms with Gasteiger partial charge in [-0.1, -0.05) is 17.7 Å². The third-order valence-corrected chi connectivity index (χ3v) is 6.67. The summed E-state index contributed by atoms with van der Waals surface area (Å²) in [4.78, 5) is 15.9. The lowest BCUT2D eigenvalue weighted by Gasteiger charge is -2.39. The van der Waals surface area contributed by atoms with Gasteiger partial charge < -0.3 is 14.4 Å². The Morgan fingerprint density at radius 2 is 1.71 bits per heavy atom. The lowest BCUT2D eigenvalue weighted by atomic mass is 10.0. The second kappa shape index (κ2) is 12.1. The predicted molar refractivity (Wildman–Crippen MR) is 135 cm³/mol. The van der Waals surface area contributed by atoms with E-state index in [1.807, 2.05) is 4.90 Å². The zero-order chi connectivity index (χ0) is 28.3. The molecule has 2 aromatic carbocycles. The Balaban J connectivity index is 1.85. The number of hydrogen-bond acceptors (Lipinski definition) is 5. The molecular formula is C24H28ClF4N3O5S. The van der Waals surface area contributed by atoms with E-state index in [4.69, 9.17) is 16.3 Å². The molecule has 1 aliphatic rings. The average Bonchev–Trinajstić information content (AvgIpc) is 2.79. The Bertz CT molecular complexity index is 1140. The summed E-state index contributed by atoms with van der Waals surface area (Å²) in [5, 5.41) is -0.135. The first kappa shape index (κ1) is 29.9. The molecule has 0 aliphatic carbocycles. The molecule has 0 saturated carbocycles. The molecule has 2 unspecified atom stereocenters. The van der Waals surface area contributed by atoms with Gasteiger partial charge in [0.2, 0.25) is 0 Å². The van der Waals surface area contributed by atoms with Gasteiger partial charge in [0, 0.05) is 32.7 Å². The molecular weight excluding hydrogens is 554 g/mol. The molecule has 0 bridgehead atoms. The van der Waals surface area contributed by atoms with E-state index < -0.39 is 46.9 Å². The van der Waals surface area contributed by atoms with Crippen LogP contribution in [0.3, 0.4) is 0 Å². The van der Waals surface area contributed by atoms with Crippen molar-refractivity contribution in [2.75, 3.05) is 37.0 Å². The third-order valence-electron chi connectivity index (χ3n) is 5.56. The van der Waals surface area contributed by atoms with Gasteiger partial charge in [-0.2, -0.15) is 0 Å². The van der Waals surface area contributed by atoms with E-state index in [2.05, 4.69) is 4.74 Å². The van der Waals surface area contributed by atoms with Gasteiger partial charge in [-0.25, -0.2) is 13.4 Å². The maximum atomic E-state index is 14.4. The van der Waals surface area contributed by atoms with Crippen molar-refractivity contribution in [3.05, 3.63) is 58.9 Å². The number of ether oxygens (including phenoxy) is 2. The molecule has 1 N–H and O–H groups in total. The van der Waals surface area contributed by atoms with Crippen LogP contribution in [-0.4, -0.2) is 69.3 Å². The quantitative estimate of drug-likeness (QED) is 0.338. The highest BCUT2D eigenvalue weighted by atomic mass is 35.5. The highest BCUT2D eigenvalue weighted by molar-refractivity contribution is 7.80. The molecule has 1 amide bonds. The minimum Gasteiger partial charge on any atom is -0.444 e. The molecule has 1 saturated heterocycles. The second-order valence-electron chi connectivity index (χ2n) is 9.56. The molecule has 1 aliphatic heterocycles. The number of piperazine rings is 1. The summed E-state index contributed by atoms with van der Waals surface area (Å²) in [6.07, 6.45) is -5.35. The fourth-order valence-electron chi connectivity index (χ4n) is 3.89. The van der Waals surface area contributed by atoms with Gasteiger partial charge in [0.15, 0.2) is 0 Å².